The SMILES string of the molecule is Cc1cc(C)n2c(N)c(C3CCCC3)nc2c1. The summed E-state index contributed by atoms with van der Waals surface area (Å²) >= 11 is 0. The summed E-state index contributed by atoms with van der Waals surface area (Å²) in [4.78, 5) is 4.75. The van der Waals surface area contributed by atoms with Gasteiger partial charge in [0.1, 0.15) is 11.5 Å². The highest BCUT2D eigenvalue weighted by atomic mass is 15.1. The first-order chi connectivity index (χ1) is 8.16. The van der Waals surface area contributed by atoms with Crippen LogP contribution in [0.25, 0.3) is 5.65 Å². The highest BCUT2D eigenvalue weighted by Crippen LogP contribution is 2.37. The molecule has 1 aliphatic carbocycles. The van der Waals surface area contributed by atoms with Crippen LogP contribution in [0.2, 0.25) is 0 Å². The van der Waals surface area contributed by atoms with Crippen molar-refractivity contribution in [2.24, 2.45) is 0 Å². The molecular formula is C14H19N3. The van der Waals surface area contributed by atoms with Crippen molar-refractivity contribution in [2.75, 3.05) is 5.73 Å². The van der Waals surface area contributed by atoms with Gasteiger partial charge in [0.25, 0.3) is 0 Å². The monoisotopic (exact) mass is 229 g/mol. The molecule has 17 heavy (non-hydrogen) atoms. The van der Waals surface area contributed by atoms with E-state index in [1.807, 2.05) is 0 Å². The molecule has 0 radical (unpaired) electrons. The van der Waals surface area contributed by atoms with Crippen molar-refractivity contribution in [3.05, 3.63) is 29.1 Å². The van der Waals surface area contributed by atoms with Gasteiger partial charge in [-0.15, -0.1) is 0 Å². The standard InChI is InChI=1S/C14H19N3/c1-9-7-10(2)17-12(8-9)16-13(14(17)15)11-5-3-4-6-11/h7-8,11H,3-6,15H2,1-2H3. The van der Waals surface area contributed by atoms with E-state index in [1.54, 1.807) is 0 Å². The number of nitrogen functional groups attached to an aromatic ring is 1. The Morgan fingerprint density at radius 2 is 1.94 bits per heavy atom. The van der Waals surface area contributed by atoms with E-state index in [2.05, 4.69) is 30.4 Å². The van der Waals surface area contributed by atoms with Crippen LogP contribution >= 0.6 is 0 Å². The van der Waals surface area contributed by atoms with Crippen LogP contribution < -0.4 is 5.73 Å². The number of hydrogen-bond donors (Lipinski definition) is 1. The molecule has 0 unspecified atom stereocenters. The molecule has 90 valence electrons. The van der Waals surface area contributed by atoms with Crippen molar-refractivity contribution < 1.29 is 0 Å². The summed E-state index contributed by atoms with van der Waals surface area (Å²) in [6.07, 6.45) is 5.12. The fourth-order valence-electron chi connectivity index (χ4n) is 3.08. The number of imidazole rings is 1. The minimum atomic E-state index is 0.578. The van der Waals surface area contributed by atoms with E-state index in [0.717, 1.165) is 17.2 Å². The molecule has 0 spiro atoms. The third kappa shape index (κ3) is 1.61. The Labute approximate surface area is 102 Å². The molecule has 0 bridgehead atoms. The maximum Gasteiger partial charge on any atom is 0.139 e. The van der Waals surface area contributed by atoms with Crippen molar-refractivity contribution >= 4 is 11.5 Å². The zero-order valence-electron chi connectivity index (χ0n) is 10.5. The lowest BCUT2D eigenvalue weighted by Crippen LogP contribution is -2.01. The molecule has 2 N–H and O–H groups in total. The molecule has 0 aromatic carbocycles. The van der Waals surface area contributed by atoms with Crippen molar-refractivity contribution in [1.82, 2.24) is 9.38 Å². The number of aryl methyl sites for hydroxylation is 2. The normalized spacial score (nSPS) is 17.1. The number of anilines is 1. The van der Waals surface area contributed by atoms with Gasteiger partial charge in [-0.1, -0.05) is 12.8 Å². The number of nitrogens with zero attached hydrogens (tertiary/aromatic N) is 2. The maximum atomic E-state index is 6.27. The molecule has 3 rings (SSSR count). The van der Waals surface area contributed by atoms with E-state index in [1.165, 1.54) is 36.9 Å². The minimum absolute atomic E-state index is 0.578. The summed E-state index contributed by atoms with van der Waals surface area (Å²) in [5.41, 5.74) is 10.8. The van der Waals surface area contributed by atoms with Crippen molar-refractivity contribution in [3.8, 4) is 0 Å². The fraction of sp³-hybridized carbons (Fsp3) is 0.500. The summed E-state index contributed by atoms with van der Waals surface area (Å²) in [5.74, 6) is 1.43. The Morgan fingerprint density at radius 3 is 2.65 bits per heavy atom. The van der Waals surface area contributed by atoms with Gasteiger partial charge in [-0.25, -0.2) is 4.98 Å². The van der Waals surface area contributed by atoms with E-state index < -0.39 is 0 Å². The van der Waals surface area contributed by atoms with E-state index >= 15 is 0 Å². The highest BCUT2D eigenvalue weighted by Gasteiger charge is 2.23. The van der Waals surface area contributed by atoms with Crippen molar-refractivity contribution in [3.63, 3.8) is 0 Å². The van der Waals surface area contributed by atoms with Gasteiger partial charge in [-0.3, -0.25) is 4.40 Å². The summed E-state index contributed by atoms with van der Waals surface area (Å²) in [6.45, 7) is 4.20. The Morgan fingerprint density at radius 1 is 1.24 bits per heavy atom. The summed E-state index contributed by atoms with van der Waals surface area (Å²) < 4.78 is 2.08. The minimum Gasteiger partial charge on any atom is -0.383 e. The lowest BCUT2D eigenvalue weighted by Gasteiger charge is -2.07. The average Bonchev–Trinajstić information content (AvgIpc) is 2.85. The van der Waals surface area contributed by atoms with Crippen LogP contribution in [0, 0.1) is 13.8 Å². The van der Waals surface area contributed by atoms with Crippen LogP contribution in [0.1, 0.15) is 48.6 Å². The van der Waals surface area contributed by atoms with Crippen LogP contribution in [-0.4, -0.2) is 9.38 Å². The number of fused-ring (bicyclic) bond motifs is 1. The largest absolute Gasteiger partial charge is 0.383 e. The highest BCUT2D eigenvalue weighted by molar-refractivity contribution is 5.56. The van der Waals surface area contributed by atoms with Gasteiger partial charge in [0.05, 0.1) is 5.69 Å². The number of pyridine rings is 1. The molecule has 2 aromatic rings. The number of rotatable bonds is 1. The molecular weight excluding hydrogens is 210 g/mol. The first-order valence-electron chi connectivity index (χ1n) is 6.42. The van der Waals surface area contributed by atoms with Crippen LogP contribution in [0.15, 0.2) is 12.1 Å². The van der Waals surface area contributed by atoms with E-state index in [0.29, 0.717) is 5.92 Å². The Balaban J connectivity index is 2.20. The van der Waals surface area contributed by atoms with Gasteiger partial charge < -0.3 is 5.73 Å². The van der Waals surface area contributed by atoms with Crippen LogP contribution in [-0.2, 0) is 0 Å². The maximum absolute atomic E-state index is 6.27. The Bertz CT molecular complexity index is 562. The topological polar surface area (TPSA) is 43.3 Å². The molecule has 2 heterocycles. The van der Waals surface area contributed by atoms with Gasteiger partial charge in [0, 0.05) is 11.6 Å². The predicted molar refractivity (Wildman–Crippen MR) is 70.3 cm³/mol. The first-order valence-corrected chi connectivity index (χ1v) is 6.42. The van der Waals surface area contributed by atoms with Crippen molar-refractivity contribution in [1.29, 1.82) is 0 Å². The van der Waals surface area contributed by atoms with Crippen LogP contribution in [0.4, 0.5) is 5.82 Å². The lowest BCUT2D eigenvalue weighted by atomic mass is 10.0. The smallest absolute Gasteiger partial charge is 0.139 e. The van der Waals surface area contributed by atoms with E-state index in [-0.39, 0.29) is 0 Å². The molecule has 0 saturated heterocycles. The average molecular weight is 229 g/mol. The van der Waals surface area contributed by atoms with Gasteiger partial charge >= 0.3 is 0 Å². The predicted octanol–water partition coefficient (Wildman–Crippen LogP) is 3.19. The zero-order valence-corrected chi connectivity index (χ0v) is 10.5. The molecule has 1 saturated carbocycles. The first kappa shape index (κ1) is 10.6. The molecule has 2 aromatic heterocycles. The molecule has 1 fully saturated rings. The molecule has 0 aliphatic heterocycles. The lowest BCUT2D eigenvalue weighted by molar-refractivity contribution is 0.706. The Kier molecular flexibility index (Phi) is 2.35. The molecule has 0 amide bonds. The Hall–Kier alpha value is -1.51. The summed E-state index contributed by atoms with van der Waals surface area (Å²) in [7, 11) is 0. The van der Waals surface area contributed by atoms with E-state index in [9.17, 15) is 0 Å². The van der Waals surface area contributed by atoms with Crippen molar-refractivity contribution in [2.45, 2.75) is 45.4 Å². The van der Waals surface area contributed by atoms with Gasteiger partial charge in [-0.2, -0.15) is 0 Å². The van der Waals surface area contributed by atoms with Crippen LogP contribution in [0.3, 0.4) is 0 Å². The number of nitrogens with two attached hydrogens (primary N) is 1. The summed E-state index contributed by atoms with van der Waals surface area (Å²) in [5, 5.41) is 0. The van der Waals surface area contributed by atoms with Gasteiger partial charge in [0.15, 0.2) is 0 Å². The second-order valence-electron chi connectivity index (χ2n) is 5.23. The molecule has 3 heteroatoms. The molecule has 0 atom stereocenters. The number of hydrogen-bond acceptors (Lipinski definition) is 2. The van der Waals surface area contributed by atoms with E-state index in [4.69, 9.17) is 10.7 Å². The summed E-state index contributed by atoms with van der Waals surface area (Å²) in [6, 6.07) is 4.27. The quantitative estimate of drug-likeness (QED) is 0.816. The van der Waals surface area contributed by atoms with Gasteiger partial charge in [0.2, 0.25) is 0 Å². The second kappa shape index (κ2) is 3.76. The zero-order chi connectivity index (χ0) is 12.0. The fourth-order valence-corrected chi connectivity index (χ4v) is 3.08. The number of aromatic nitrogens is 2. The van der Waals surface area contributed by atoms with Gasteiger partial charge in [-0.05, 0) is 44.4 Å². The van der Waals surface area contributed by atoms with Crippen LogP contribution in [0.5, 0.6) is 0 Å². The molecule has 3 nitrogen and oxygen atoms in total. The third-order valence-corrected chi connectivity index (χ3v) is 3.86. The second-order valence-corrected chi connectivity index (χ2v) is 5.23. The molecule has 1 aliphatic rings. The third-order valence-electron chi connectivity index (χ3n) is 3.86.